The molecule has 2 N–H and O–H groups in total. The third kappa shape index (κ3) is 4.55. The van der Waals surface area contributed by atoms with Gasteiger partial charge in [-0.25, -0.2) is 22.3 Å². The maximum Gasteiger partial charge on any atom is 0.335 e. The van der Waals surface area contributed by atoms with Crippen molar-refractivity contribution in [2.24, 2.45) is 0 Å². The van der Waals surface area contributed by atoms with Crippen LogP contribution in [0.2, 0.25) is 0 Å². The van der Waals surface area contributed by atoms with Gasteiger partial charge in [0, 0.05) is 6.54 Å². The lowest BCUT2D eigenvalue weighted by Crippen LogP contribution is -2.29. The van der Waals surface area contributed by atoms with Crippen molar-refractivity contribution in [3.63, 3.8) is 0 Å². The van der Waals surface area contributed by atoms with Gasteiger partial charge in [0.1, 0.15) is 10.7 Å². The van der Waals surface area contributed by atoms with Gasteiger partial charge < -0.3 is 9.84 Å². The summed E-state index contributed by atoms with van der Waals surface area (Å²) in [6.45, 7) is 3.77. The minimum atomic E-state index is -4.03. The van der Waals surface area contributed by atoms with Crippen molar-refractivity contribution in [2.75, 3.05) is 13.2 Å². The molecule has 6 nitrogen and oxygen atoms in total. The molecule has 0 saturated carbocycles. The van der Waals surface area contributed by atoms with Crippen LogP contribution in [0, 0.1) is 5.82 Å². The predicted octanol–water partition coefficient (Wildman–Crippen LogP) is 1.23. The van der Waals surface area contributed by atoms with Crippen molar-refractivity contribution < 1.29 is 27.4 Å². The first-order chi connectivity index (χ1) is 9.24. The molecular weight excluding hydrogens is 289 g/mol. The van der Waals surface area contributed by atoms with Crippen molar-refractivity contribution >= 4 is 16.0 Å². The fraction of sp³-hybridized carbons (Fsp3) is 0.417. The number of sulfonamides is 1. The molecule has 0 bridgehead atoms. The topological polar surface area (TPSA) is 92.7 Å². The number of ether oxygens (including phenoxy) is 1. The molecule has 0 heterocycles. The van der Waals surface area contributed by atoms with Gasteiger partial charge in [-0.15, -0.1) is 0 Å². The van der Waals surface area contributed by atoms with E-state index in [1.165, 1.54) is 0 Å². The molecular formula is C12H16FNO5S. The van der Waals surface area contributed by atoms with Crippen LogP contribution in [0.4, 0.5) is 4.39 Å². The first-order valence-electron chi connectivity index (χ1n) is 5.88. The van der Waals surface area contributed by atoms with Gasteiger partial charge in [0.2, 0.25) is 10.0 Å². The highest BCUT2D eigenvalue weighted by Gasteiger charge is 2.20. The average Bonchev–Trinajstić information content (AvgIpc) is 2.34. The molecule has 0 unspecified atom stereocenters. The van der Waals surface area contributed by atoms with E-state index in [0.29, 0.717) is 6.07 Å². The van der Waals surface area contributed by atoms with Crippen LogP contribution in [0.5, 0.6) is 0 Å². The van der Waals surface area contributed by atoms with E-state index in [2.05, 4.69) is 4.72 Å². The fourth-order valence-electron chi connectivity index (χ4n) is 1.40. The SMILES string of the molecule is CC(C)OCCNS(=O)(=O)c1ccc(C(=O)O)cc1F. The molecule has 112 valence electrons. The van der Waals surface area contributed by atoms with Gasteiger partial charge in [-0.3, -0.25) is 0 Å². The van der Waals surface area contributed by atoms with Crippen LogP contribution >= 0.6 is 0 Å². The van der Waals surface area contributed by atoms with Gasteiger partial charge in [-0.05, 0) is 32.0 Å². The number of halogens is 1. The summed E-state index contributed by atoms with van der Waals surface area (Å²) in [6.07, 6.45) is -0.0360. The summed E-state index contributed by atoms with van der Waals surface area (Å²) in [7, 11) is -4.03. The van der Waals surface area contributed by atoms with Crippen molar-refractivity contribution in [1.82, 2.24) is 4.72 Å². The van der Waals surface area contributed by atoms with E-state index < -0.39 is 26.7 Å². The van der Waals surface area contributed by atoms with Crippen LogP contribution in [0.1, 0.15) is 24.2 Å². The maximum absolute atomic E-state index is 13.6. The lowest BCUT2D eigenvalue weighted by molar-refractivity contribution is 0.0696. The standard InChI is InChI=1S/C12H16FNO5S/c1-8(2)19-6-5-14-20(17,18)11-4-3-9(12(15)16)7-10(11)13/h3-4,7-8,14H,5-6H2,1-2H3,(H,15,16). The summed E-state index contributed by atoms with van der Waals surface area (Å²) in [5.74, 6) is -2.44. The summed E-state index contributed by atoms with van der Waals surface area (Å²) < 4.78 is 44.6. The second kappa shape index (κ2) is 6.78. The zero-order valence-corrected chi connectivity index (χ0v) is 11.9. The quantitative estimate of drug-likeness (QED) is 0.739. The number of nitrogens with one attached hydrogen (secondary N) is 1. The van der Waals surface area contributed by atoms with Crippen molar-refractivity contribution in [3.05, 3.63) is 29.6 Å². The Bertz CT molecular complexity index is 586. The monoisotopic (exact) mass is 305 g/mol. The van der Waals surface area contributed by atoms with E-state index in [1.807, 2.05) is 0 Å². The molecule has 0 aliphatic rings. The van der Waals surface area contributed by atoms with Crippen molar-refractivity contribution in [1.29, 1.82) is 0 Å². The molecule has 1 rings (SSSR count). The maximum atomic E-state index is 13.6. The molecule has 0 aliphatic heterocycles. The van der Waals surface area contributed by atoms with Crippen molar-refractivity contribution in [3.8, 4) is 0 Å². The fourth-order valence-corrected chi connectivity index (χ4v) is 2.47. The molecule has 0 atom stereocenters. The second-order valence-electron chi connectivity index (χ2n) is 4.27. The molecule has 1 aromatic rings. The third-order valence-electron chi connectivity index (χ3n) is 2.31. The zero-order valence-electron chi connectivity index (χ0n) is 11.1. The van der Waals surface area contributed by atoms with Gasteiger partial charge >= 0.3 is 5.97 Å². The van der Waals surface area contributed by atoms with E-state index in [4.69, 9.17) is 9.84 Å². The number of carboxylic acids is 1. The first-order valence-corrected chi connectivity index (χ1v) is 7.36. The molecule has 0 aromatic heterocycles. The van der Waals surface area contributed by atoms with Crippen LogP contribution < -0.4 is 4.72 Å². The Labute approximate surface area is 116 Å². The molecule has 8 heteroatoms. The first kappa shape index (κ1) is 16.5. The Morgan fingerprint density at radius 3 is 2.60 bits per heavy atom. The van der Waals surface area contributed by atoms with E-state index >= 15 is 0 Å². The second-order valence-corrected chi connectivity index (χ2v) is 6.00. The Morgan fingerprint density at radius 2 is 2.10 bits per heavy atom. The van der Waals surface area contributed by atoms with Crippen LogP contribution in [0.25, 0.3) is 0 Å². The molecule has 1 aromatic carbocycles. The van der Waals surface area contributed by atoms with E-state index in [1.54, 1.807) is 13.8 Å². The molecule has 20 heavy (non-hydrogen) atoms. The number of benzene rings is 1. The lowest BCUT2D eigenvalue weighted by Gasteiger charge is -2.10. The van der Waals surface area contributed by atoms with Crippen LogP contribution in [-0.4, -0.2) is 38.7 Å². The van der Waals surface area contributed by atoms with Gasteiger partial charge in [0.05, 0.1) is 18.3 Å². The summed E-state index contributed by atoms with van der Waals surface area (Å²) >= 11 is 0. The van der Waals surface area contributed by atoms with Gasteiger partial charge in [-0.2, -0.15) is 0 Å². The molecule has 0 amide bonds. The highest BCUT2D eigenvalue weighted by Crippen LogP contribution is 2.15. The Hall–Kier alpha value is -1.51. The average molecular weight is 305 g/mol. The minimum absolute atomic E-state index is 0.000630. The Morgan fingerprint density at radius 1 is 1.45 bits per heavy atom. The summed E-state index contributed by atoms with van der Waals surface area (Å²) in [5.41, 5.74) is -0.315. The molecule has 0 aliphatic carbocycles. The number of hydrogen-bond donors (Lipinski definition) is 2. The lowest BCUT2D eigenvalue weighted by atomic mass is 10.2. The van der Waals surface area contributed by atoms with Crippen LogP contribution in [0.15, 0.2) is 23.1 Å². The normalized spacial score (nSPS) is 11.8. The van der Waals surface area contributed by atoms with Crippen LogP contribution in [-0.2, 0) is 14.8 Å². The summed E-state index contributed by atoms with van der Waals surface area (Å²) in [5, 5.41) is 8.68. The number of carboxylic acid groups (broad SMARTS) is 1. The molecule has 0 saturated heterocycles. The number of hydrogen-bond acceptors (Lipinski definition) is 4. The van der Waals surface area contributed by atoms with Crippen LogP contribution in [0.3, 0.4) is 0 Å². The number of rotatable bonds is 7. The number of aromatic carboxylic acids is 1. The Balaban J connectivity index is 2.80. The highest BCUT2D eigenvalue weighted by molar-refractivity contribution is 7.89. The zero-order chi connectivity index (χ0) is 15.3. The highest BCUT2D eigenvalue weighted by atomic mass is 32.2. The van der Waals surface area contributed by atoms with Gasteiger partial charge in [0.15, 0.2) is 0 Å². The van der Waals surface area contributed by atoms with Crippen molar-refractivity contribution in [2.45, 2.75) is 24.8 Å². The minimum Gasteiger partial charge on any atom is -0.478 e. The predicted molar refractivity (Wildman–Crippen MR) is 69.6 cm³/mol. The number of carbonyl (C=O) groups is 1. The van der Waals surface area contributed by atoms with Gasteiger partial charge in [-0.1, -0.05) is 0 Å². The van der Waals surface area contributed by atoms with Gasteiger partial charge in [0.25, 0.3) is 0 Å². The summed E-state index contributed by atoms with van der Waals surface area (Å²) in [6, 6.07) is 2.62. The molecule has 0 fully saturated rings. The van der Waals surface area contributed by atoms with E-state index in [9.17, 15) is 17.6 Å². The largest absolute Gasteiger partial charge is 0.478 e. The smallest absolute Gasteiger partial charge is 0.335 e. The summed E-state index contributed by atoms with van der Waals surface area (Å²) in [4.78, 5) is 10.0. The van der Waals surface area contributed by atoms with E-state index in [0.717, 1.165) is 12.1 Å². The van der Waals surface area contributed by atoms with E-state index in [-0.39, 0.29) is 24.8 Å². The third-order valence-corrected chi connectivity index (χ3v) is 3.81. The molecule has 0 radical (unpaired) electrons. The Kier molecular flexibility index (Phi) is 5.61. The molecule has 0 spiro atoms.